The number of carbonyl (C=O) groups is 1. The molecule has 1 fully saturated rings. The van der Waals surface area contributed by atoms with Crippen molar-refractivity contribution < 1.29 is 14.6 Å². The molecule has 2 aromatic rings. The molecule has 1 aliphatic rings. The van der Waals surface area contributed by atoms with Gasteiger partial charge in [-0.1, -0.05) is 17.7 Å². The predicted octanol–water partition coefficient (Wildman–Crippen LogP) is 3.30. The first kappa shape index (κ1) is 16.7. The van der Waals surface area contributed by atoms with Gasteiger partial charge in [-0.3, -0.25) is 9.88 Å². The van der Waals surface area contributed by atoms with Gasteiger partial charge in [0.2, 0.25) is 0 Å². The zero-order valence-electron chi connectivity index (χ0n) is 13.2. The van der Waals surface area contributed by atoms with E-state index in [0.717, 1.165) is 26.1 Å². The van der Waals surface area contributed by atoms with E-state index in [0.29, 0.717) is 23.3 Å². The Morgan fingerprint density at radius 1 is 1.42 bits per heavy atom. The van der Waals surface area contributed by atoms with Crippen molar-refractivity contribution in [2.75, 3.05) is 26.2 Å². The molecule has 0 saturated carbocycles. The van der Waals surface area contributed by atoms with Gasteiger partial charge in [-0.05, 0) is 48.7 Å². The lowest BCUT2D eigenvalue weighted by atomic mass is 10.0. The van der Waals surface area contributed by atoms with E-state index < -0.39 is 5.97 Å². The van der Waals surface area contributed by atoms with Crippen LogP contribution in [0.25, 0.3) is 0 Å². The summed E-state index contributed by atoms with van der Waals surface area (Å²) in [6.45, 7) is 3.37. The lowest BCUT2D eigenvalue weighted by molar-refractivity contribution is 0.0697. The normalized spacial score (nSPS) is 17.8. The Morgan fingerprint density at radius 3 is 3.00 bits per heavy atom. The number of ether oxygens (including phenoxy) is 1. The fourth-order valence-corrected chi connectivity index (χ4v) is 3.20. The lowest BCUT2D eigenvalue weighted by Crippen LogP contribution is -2.26. The SMILES string of the molecule is O=C(O)c1ccc(OCCN2CCC(c3cccnc3)C2)c(Cl)c1. The molecule has 1 aliphatic heterocycles. The van der Waals surface area contributed by atoms with Crippen molar-refractivity contribution in [2.24, 2.45) is 0 Å². The second kappa shape index (κ2) is 7.64. The Balaban J connectivity index is 1.48. The number of halogens is 1. The Hall–Kier alpha value is -2.11. The molecule has 1 aromatic heterocycles. The number of pyridine rings is 1. The Bertz CT molecular complexity index is 709. The molecule has 0 spiro atoms. The van der Waals surface area contributed by atoms with Crippen molar-refractivity contribution in [1.29, 1.82) is 0 Å². The number of hydrogen-bond acceptors (Lipinski definition) is 4. The maximum absolute atomic E-state index is 10.9. The van der Waals surface area contributed by atoms with Crippen LogP contribution in [0.5, 0.6) is 5.75 Å². The largest absolute Gasteiger partial charge is 0.491 e. The molecule has 1 aromatic carbocycles. The number of rotatable bonds is 6. The van der Waals surface area contributed by atoms with E-state index in [-0.39, 0.29) is 5.56 Å². The van der Waals surface area contributed by atoms with Gasteiger partial charge in [-0.15, -0.1) is 0 Å². The van der Waals surface area contributed by atoms with E-state index in [1.54, 1.807) is 12.3 Å². The fraction of sp³-hybridized carbons (Fsp3) is 0.333. The lowest BCUT2D eigenvalue weighted by Gasteiger charge is -2.17. The first-order valence-corrected chi connectivity index (χ1v) is 8.29. The van der Waals surface area contributed by atoms with Crippen LogP contribution in [0.15, 0.2) is 42.7 Å². The van der Waals surface area contributed by atoms with E-state index in [2.05, 4.69) is 16.0 Å². The topological polar surface area (TPSA) is 62.7 Å². The third-order valence-electron chi connectivity index (χ3n) is 4.27. The smallest absolute Gasteiger partial charge is 0.335 e. The summed E-state index contributed by atoms with van der Waals surface area (Å²) >= 11 is 6.06. The number of benzene rings is 1. The summed E-state index contributed by atoms with van der Waals surface area (Å²) < 4.78 is 5.70. The quantitative estimate of drug-likeness (QED) is 0.869. The Kier molecular flexibility index (Phi) is 5.33. The van der Waals surface area contributed by atoms with E-state index in [4.69, 9.17) is 21.4 Å². The monoisotopic (exact) mass is 346 g/mol. The van der Waals surface area contributed by atoms with Gasteiger partial charge < -0.3 is 9.84 Å². The predicted molar refractivity (Wildman–Crippen MR) is 91.9 cm³/mol. The van der Waals surface area contributed by atoms with Crippen LogP contribution < -0.4 is 4.74 Å². The Morgan fingerprint density at radius 2 is 2.29 bits per heavy atom. The van der Waals surface area contributed by atoms with Gasteiger partial charge in [0, 0.05) is 25.5 Å². The molecule has 3 rings (SSSR count). The van der Waals surface area contributed by atoms with Gasteiger partial charge >= 0.3 is 5.97 Å². The number of hydrogen-bond donors (Lipinski definition) is 1. The van der Waals surface area contributed by atoms with Gasteiger partial charge in [0.1, 0.15) is 12.4 Å². The second-order valence-electron chi connectivity index (χ2n) is 5.87. The van der Waals surface area contributed by atoms with Gasteiger partial charge in [-0.25, -0.2) is 4.79 Å². The number of likely N-dealkylation sites (tertiary alicyclic amines) is 1. The molecule has 0 bridgehead atoms. The van der Waals surface area contributed by atoms with E-state index in [1.807, 2.05) is 12.3 Å². The van der Waals surface area contributed by atoms with Crippen molar-refractivity contribution in [3.8, 4) is 5.75 Å². The van der Waals surface area contributed by atoms with E-state index >= 15 is 0 Å². The number of nitrogens with zero attached hydrogens (tertiary/aromatic N) is 2. The first-order valence-electron chi connectivity index (χ1n) is 7.91. The van der Waals surface area contributed by atoms with Crippen LogP contribution in [-0.4, -0.2) is 47.2 Å². The van der Waals surface area contributed by atoms with Crippen molar-refractivity contribution in [1.82, 2.24) is 9.88 Å². The first-order chi connectivity index (χ1) is 11.6. The third-order valence-corrected chi connectivity index (χ3v) is 4.57. The molecule has 2 heterocycles. The summed E-state index contributed by atoms with van der Waals surface area (Å²) in [5, 5.41) is 9.25. The van der Waals surface area contributed by atoms with Gasteiger partial charge in [-0.2, -0.15) is 0 Å². The summed E-state index contributed by atoms with van der Waals surface area (Å²) in [6.07, 6.45) is 4.86. The van der Waals surface area contributed by atoms with Crippen LogP contribution in [0, 0.1) is 0 Å². The Labute approximate surface area is 145 Å². The summed E-state index contributed by atoms with van der Waals surface area (Å²) in [7, 11) is 0. The van der Waals surface area contributed by atoms with E-state index in [9.17, 15) is 4.79 Å². The van der Waals surface area contributed by atoms with Crippen LogP contribution in [-0.2, 0) is 0 Å². The highest BCUT2D eigenvalue weighted by Gasteiger charge is 2.23. The molecule has 5 nitrogen and oxygen atoms in total. The minimum Gasteiger partial charge on any atom is -0.491 e. The van der Waals surface area contributed by atoms with Crippen molar-refractivity contribution in [2.45, 2.75) is 12.3 Å². The standard InChI is InChI=1S/C18H19ClN2O3/c19-16-10-13(18(22)23)3-4-17(16)24-9-8-21-7-5-15(12-21)14-2-1-6-20-11-14/h1-4,6,10-11,15H,5,7-9,12H2,(H,22,23). The minimum absolute atomic E-state index is 0.159. The summed E-state index contributed by atoms with van der Waals surface area (Å²) in [5.41, 5.74) is 1.44. The molecule has 0 aliphatic carbocycles. The molecular formula is C18H19ClN2O3. The van der Waals surface area contributed by atoms with Crippen LogP contribution in [0.4, 0.5) is 0 Å². The molecule has 6 heteroatoms. The molecular weight excluding hydrogens is 328 g/mol. The van der Waals surface area contributed by atoms with Crippen molar-refractivity contribution in [3.05, 3.63) is 58.9 Å². The van der Waals surface area contributed by atoms with Crippen LogP contribution in [0.2, 0.25) is 5.02 Å². The van der Waals surface area contributed by atoms with Gasteiger partial charge in [0.15, 0.2) is 0 Å². The molecule has 1 saturated heterocycles. The number of aromatic carboxylic acids is 1. The van der Waals surface area contributed by atoms with Crippen molar-refractivity contribution >= 4 is 17.6 Å². The molecule has 0 radical (unpaired) electrons. The number of carboxylic acids is 1. The second-order valence-corrected chi connectivity index (χ2v) is 6.28. The molecule has 24 heavy (non-hydrogen) atoms. The highest BCUT2D eigenvalue weighted by Crippen LogP contribution is 2.27. The molecule has 126 valence electrons. The molecule has 1 unspecified atom stereocenters. The van der Waals surface area contributed by atoms with E-state index in [1.165, 1.54) is 17.7 Å². The average Bonchev–Trinajstić information content (AvgIpc) is 3.06. The zero-order chi connectivity index (χ0) is 16.9. The minimum atomic E-state index is -0.998. The molecule has 0 amide bonds. The summed E-state index contributed by atoms with van der Waals surface area (Å²) in [5.74, 6) is 0.0452. The zero-order valence-corrected chi connectivity index (χ0v) is 13.9. The van der Waals surface area contributed by atoms with Crippen LogP contribution in [0.3, 0.4) is 0 Å². The summed E-state index contributed by atoms with van der Waals surface area (Å²) in [4.78, 5) is 17.4. The highest BCUT2D eigenvalue weighted by atomic mass is 35.5. The molecule has 1 atom stereocenters. The van der Waals surface area contributed by atoms with Gasteiger partial charge in [0.25, 0.3) is 0 Å². The third kappa shape index (κ3) is 4.04. The van der Waals surface area contributed by atoms with Crippen LogP contribution in [0.1, 0.15) is 28.3 Å². The maximum atomic E-state index is 10.9. The molecule has 1 N–H and O–H groups in total. The maximum Gasteiger partial charge on any atom is 0.335 e. The van der Waals surface area contributed by atoms with Crippen molar-refractivity contribution in [3.63, 3.8) is 0 Å². The highest BCUT2D eigenvalue weighted by molar-refractivity contribution is 6.32. The van der Waals surface area contributed by atoms with Crippen LogP contribution >= 0.6 is 11.6 Å². The number of aromatic nitrogens is 1. The van der Waals surface area contributed by atoms with Gasteiger partial charge in [0.05, 0.1) is 10.6 Å². The average molecular weight is 347 g/mol. The summed E-state index contributed by atoms with van der Waals surface area (Å²) in [6, 6.07) is 8.62. The number of carboxylic acid groups (broad SMARTS) is 1. The fourth-order valence-electron chi connectivity index (χ4n) is 2.96.